The fraction of sp³-hybridized carbons (Fsp3) is 0.667. The van der Waals surface area contributed by atoms with E-state index in [2.05, 4.69) is 40.4 Å². The molecule has 1 aliphatic heterocycles. The third kappa shape index (κ3) is 5.02. The summed E-state index contributed by atoms with van der Waals surface area (Å²) in [5, 5.41) is 3.39. The van der Waals surface area contributed by atoms with Crippen LogP contribution in [0.15, 0.2) is 30.3 Å². The fourth-order valence-electron chi connectivity index (χ4n) is 3.95. The van der Waals surface area contributed by atoms with Crippen molar-refractivity contribution in [1.29, 1.82) is 0 Å². The summed E-state index contributed by atoms with van der Waals surface area (Å²) in [6, 6.07) is 10.8. The van der Waals surface area contributed by atoms with Gasteiger partial charge in [0.1, 0.15) is 0 Å². The maximum atomic E-state index is 10.9. The van der Waals surface area contributed by atoms with Gasteiger partial charge in [-0.1, -0.05) is 30.3 Å². The van der Waals surface area contributed by atoms with Crippen molar-refractivity contribution in [2.45, 2.75) is 62.6 Å². The lowest BCUT2D eigenvalue weighted by Gasteiger charge is -2.34. The lowest BCUT2D eigenvalue weighted by molar-refractivity contribution is 0.00528. The summed E-state index contributed by atoms with van der Waals surface area (Å²) in [7, 11) is -2.55. The van der Waals surface area contributed by atoms with Gasteiger partial charge in [-0.2, -0.15) is 0 Å². The Bertz CT molecular complexity index is 563. The molecule has 0 spiro atoms. The van der Waals surface area contributed by atoms with Crippen molar-refractivity contribution in [3.63, 3.8) is 0 Å². The van der Waals surface area contributed by atoms with Crippen molar-refractivity contribution in [2.24, 2.45) is 0 Å². The second-order valence-electron chi connectivity index (χ2n) is 6.91. The third-order valence-electron chi connectivity index (χ3n) is 5.31. The summed E-state index contributed by atoms with van der Waals surface area (Å²) < 4.78 is 30.7. The molecule has 3 rings (SSSR count). The SMILES string of the molecule is O=[SH](=O)N[C@H]1CCCN[C@H]1CO[C@H]1CC[C@@H](c2ccccc2)CC1. The number of thiol groups is 1. The first-order valence-electron chi connectivity index (χ1n) is 9.03. The molecule has 0 amide bonds. The molecule has 1 aromatic carbocycles. The maximum Gasteiger partial charge on any atom is 0.201 e. The quantitative estimate of drug-likeness (QED) is 0.685. The van der Waals surface area contributed by atoms with Crippen molar-refractivity contribution in [2.75, 3.05) is 13.2 Å². The van der Waals surface area contributed by atoms with Gasteiger partial charge in [-0.05, 0) is 56.6 Å². The molecular weight excluding hydrogens is 324 g/mol. The molecule has 1 heterocycles. The van der Waals surface area contributed by atoms with E-state index in [1.165, 1.54) is 18.4 Å². The van der Waals surface area contributed by atoms with Crippen LogP contribution in [-0.2, 0) is 15.6 Å². The highest BCUT2D eigenvalue weighted by molar-refractivity contribution is 7.70. The Labute approximate surface area is 146 Å². The zero-order valence-electron chi connectivity index (χ0n) is 14.0. The molecule has 0 radical (unpaired) electrons. The van der Waals surface area contributed by atoms with E-state index < -0.39 is 10.9 Å². The predicted molar refractivity (Wildman–Crippen MR) is 95.7 cm³/mol. The third-order valence-corrected chi connectivity index (χ3v) is 5.85. The molecule has 2 atom stereocenters. The van der Waals surface area contributed by atoms with Gasteiger partial charge in [-0.15, -0.1) is 0 Å². The van der Waals surface area contributed by atoms with E-state index in [4.69, 9.17) is 4.74 Å². The van der Waals surface area contributed by atoms with E-state index in [-0.39, 0.29) is 12.1 Å². The molecule has 0 unspecified atom stereocenters. The van der Waals surface area contributed by atoms with Gasteiger partial charge in [0.25, 0.3) is 0 Å². The summed E-state index contributed by atoms with van der Waals surface area (Å²) in [5.41, 5.74) is 1.44. The van der Waals surface area contributed by atoms with E-state index in [0.29, 0.717) is 18.6 Å². The topological polar surface area (TPSA) is 67.4 Å². The van der Waals surface area contributed by atoms with Gasteiger partial charge in [0, 0.05) is 12.1 Å². The molecule has 2 fully saturated rings. The van der Waals surface area contributed by atoms with E-state index in [1.807, 2.05) is 0 Å². The molecule has 6 heteroatoms. The number of hydrogen-bond acceptors (Lipinski definition) is 4. The molecule has 0 bridgehead atoms. The standard InChI is InChI=1S/C18H28N2O3S/c21-24(22)20-17-7-4-12-19-18(17)13-23-16-10-8-15(9-11-16)14-5-2-1-3-6-14/h1-3,5-6,15-19,24H,4,7-13H2,(H,20,21,22)/t15-,16+,17-,18-/m0/s1. The van der Waals surface area contributed by atoms with Crippen LogP contribution in [0.4, 0.5) is 0 Å². The van der Waals surface area contributed by atoms with Crippen LogP contribution in [0, 0.1) is 0 Å². The Kier molecular flexibility index (Phi) is 6.66. The highest BCUT2D eigenvalue weighted by atomic mass is 32.2. The van der Waals surface area contributed by atoms with Crippen molar-refractivity contribution in [3.05, 3.63) is 35.9 Å². The first-order chi connectivity index (χ1) is 11.7. The number of benzene rings is 1. The minimum atomic E-state index is -2.55. The Morgan fingerprint density at radius 1 is 1.08 bits per heavy atom. The van der Waals surface area contributed by atoms with Crippen molar-refractivity contribution < 1.29 is 13.2 Å². The van der Waals surface area contributed by atoms with Gasteiger partial charge >= 0.3 is 0 Å². The Balaban J connectivity index is 1.44. The summed E-state index contributed by atoms with van der Waals surface area (Å²) in [6.07, 6.45) is 6.68. The lowest BCUT2D eigenvalue weighted by atomic mass is 9.83. The van der Waals surface area contributed by atoms with Crippen LogP contribution in [0.1, 0.15) is 50.0 Å². The number of rotatable bonds is 6. The highest BCUT2D eigenvalue weighted by Crippen LogP contribution is 2.33. The van der Waals surface area contributed by atoms with Crippen LogP contribution in [0.3, 0.4) is 0 Å². The molecule has 5 nitrogen and oxygen atoms in total. The van der Waals surface area contributed by atoms with Crippen molar-refractivity contribution >= 4 is 10.9 Å². The van der Waals surface area contributed by atoms with Crippen LogP contribution in [0.5, 0.6) is 0 Å². The molecule has 1 aromatic rings. The van der Waals surface area contributed by atoms with Crippen molar-refractivity contribution in [1.82, 2.24) is 10.0 Å². The average Bonchev–Trinajstić information content (AvgIpc) is 2.62. The van der Waals surface area contributed by atoms with Gasteiger partial charge in [-0.25, -0.2) is 13.1 Å². The van der Waals surface area contributed by atoms with Crippen LogP contribution in [0.25, 0.3) is 0 Å². The van der Waals surface area contributed by atoms with E-state index in [1.54, 1.807) is 0 Å². The van der Waals surface area contributed by atoms with E-state index in [9.17, 15) is 8.42 Å². The molecule has 1 saturated carbocycles. The van der Waals surface area contributed by atoms with Crippen LogP contribution in [-0.4, -0.2) is 39.8 Å². The molecule has 1 saturated heterocycles. The lowest BCUT2D eigenvalue weighted by Crippen LogP contribution is -2.54. The predicted octanol–water partition coefficient (Wildman–Crippen LogP) is 1.97. The van der Waals surface area contributed by atoms with Gasteiger partial charge < -0.3 is 10.1 Å². The van der Waals surface area contributed by atoms with Gasteiger partial charge in [0.05, 0.1) is 12.7 Å². The first kappa shape index (κ1) is 17.9. The van der Waals surface area contributed by atoms with Crippen LogP contribution < -0.4 is 10.0 Å². The molecule has 2 aliphatic rings. The number of hydrogen-bond donors (Lipinski definition) is 3. The molecule has 24 heavy (non-hydrogen) atoms. The van der Waals surface area contributed by atoms with Crippen LogP contribution in [0.2, 0.25) is 0 Å². The zero-order valence-corrected chi connectivity index (χ0v) is 14.9. The van der Waals surface area contributed by atoms with E-state index in [0.717, 1.165) is 32.2 Å². The first-order valence-corrected chi connectivity index (χ1v) is 10.2. The summed E-state index contributed by atoms with van der Waals surface area (Å²) in [5.74, 6) is 0.651. The van der Waals surface area contributed by atoms with Crippen LogP contribution >= 0.6 is 0 Å². The smallest absolute Gasteiger partial charge is 0.201 e. The molecular formula is C18H28N2O3S. The molecule has 2 N–H and O–H groups in total. The van der Waals surface area contributed by atoms with Gasteiger partial charge in [0.2, 0.25) is 10.9 Å². The average molecular weight is 353 g/mol. The summed E-state index contributed by atoms with van der Waals surface area (Å²) >= 11 is 0. The minimum Gasteiger partial charge on any atom is -0.377 e. The summed E-state index contributed by atoms with van der Waals surface area (Å²) in [6.45, 7) is 1.52. The number of ether oxygens (including phenoxy) is 1. The van der Waals surface area contributed by atoms with E-state index >= 15 is 0 Å². The fourth-order valence-corrected chi connectivity index (χ4v) is 4.53. The monoisotopic (exact) mass is 352 g/mol. The highest BCUT2D eigenvalue weighted by Gasteiger charge is 2.28. The second-order valence-corrected chi connectivity index (χ2v) is 7.69. The Hall–Kier alpha value is -0.950. The van der Waals surface area contributed by atoms with Gasteiger partial charge in [0.15, 0.2) is 0 Å². The molecule has 0 aromatic heterocycles. The molecule has 1 aliphatic carbocycles. The Morgan fingerprint density at radius 2 is 1.83 bits per heavy atom. The zero-order chi connectivity index (χ0) is 16.8. The molecule has 134 valence electrons. The normalized spacial score (nSPS) is 31.2. The van der Waals surface area contributed by atoms with Gasteiger partial charge in [-0.3, -0.25) is 0 Å². The minimum absolute atomic E-state index is 0.0412. The van der Waals surface area contributed by atoms with Crippen molar-refractivity contribution in [3.8, 4) is 0 Å². The maximum absolute atomic E-state index is 10.9. The largest absolute Gasteiger partial charge is 0.377 e. The second kappa shape index (κ2) is 8.94. The number of nitrogens with one attached hydrogen (secondary N) is 2. The number of piperidine rings is 1. The summed E-state index contributed by atoms with van der Waals surface area (Å²) in [4.78, 5) is 0. The Morgan fingerprint density at radius 3 is 2.54 bits per heavy atom.